The van der Waals surface area contributed by atoms with Crippen molar-refractivity contribution in [2.24, 2.45) is 0 Å². The third-order valence-electron chi connectivity index (χ3n) is 4.28. The van der Waals surface area contributed by atoms with Crippen LogP contribution in [0.5, 0.6) is 0 Å². The van der Waals surface area contributed by atoms with E-state index in [0.29, 0.717) is 12.0 Å². The van der Waals surface area contributed by atoms with Crippen LogP contribution >= 0.6 is 0 Å². The summed E-state index contributed by atoms with van der Waals surface area (Å²) < 4.78 is 28.1. The lowest BCUT2D eigenvalue weighted by Crippen LogP contribution is -2.43. The third kappa shape index (κ3) is 4.37. The number of sulfone groups is 1. The average Bonchev–Trinajstić information content (AvgIpc) is 2.92. The molecule has 1 atom stereocenters. The van der Waals surface area contributed by atoms with E-state index in [0.717, 1.165) is 0 Å². The van der Waals surface area contributed by atoms with Crippen LogP contribution in [0.15, 0.2) is 18.2 Å². The first-order valence-electron chi connectivity index (χ1n) is 8.07. The zero-order chi connectivity index (χ0) is 19.5. The van der Waals surface area contributed by atoms with Gasteiger partial charge in [0.2, 0.25) is 0 Å². The normalized spacial score (nSPS) is 18.3. The third-order valence-corrected chi connectivity index (χ3v) is 6.03. The number of hydrogen-bond acceptors (Lipinski definition) is 7. The first-order valence-corrected chi connectivity index (χ1v) is 9.89. The Morgan fingerprint density at radius 3 is 2.62 bits per heavy atom. The highest BCUT2D eigenvalue weighted by molar-refractivity contribution is 7.91. The van der Waals surface area contributed by atoms with E-state index < -0.39 is 39.3 Å². The lowest BCUT2D eigenvalue weighted by molar-refractivity contribution is -0.385. The molecule has 0 aromatic heterocycles. The molecule has 1 amide bonds. The minimum Gasteiger partial charge on any atom is -0.452 e. The van der Waals surface area contributed by atoms with Crippen LogP contribution in [-0.4, -0.2) is 60.8 Å². The second kappa shape index (κ2) is 7.81. The Bertz CT molecular complexity index is 835. The number of nitrogens with zero attached hydrogens (tertiary/aromatic N) is 2. The molecule has 0 saturated carbocycles. The molecule has 9 nitrogen and oxygen atoms in total. The molecular formula is C16H20N2O7S. The van der Waals surface area contributed by atoms with Crippen molar-refractivity contribution in [3.8, 4) is 0 Å². The molecule has 1 aliphatic rings. The molecule has 0 unspecified atom stereocenters. The number of rotatable bonds is 6. The molecule has 2 rings (SSSR count). The summed E-state index contributed by atoms with van der Waals surface area (Å²) in [6.45, 7) is 2.88. The van der Waals surface area contributed by atoms with Gasteiger partial charge < -0.3 is 9.64 Å². The summed E-state index contributed by atoms with van der Waals surface area (Å²) >= 11 is 0. The van der Waals surface area contributed by atoms with Gasteiger partial charge in [-0.05, 0) is 26.3 Å². The quantitative estimate of drug-likeness (QED) is 0.408. The molecule has 1 aromatic rings. The zero-order valence-electron chi connectivity index (χ0n) is 14.5. The molecule has 1 fully saturated rings. The van der Waals surface area contributed by atoms with Crippen molar-refractivity contribution in [2.75, 3.05) is 24.7 Å². The maximum atomic E-state index is 12.3. The number of hydrogen-bond donors (Lipinski definition) is 0. The van der Waals surface area contributed by atoms with Crippen LogP contribution in [0.2, 0.25) is 0 Å². The van der Waals surface area contributed by atoms with Gasteiger partial charge in [-0.25, -0.2) is 13.2 Å². The first-order chi connectivity index (χ1) is 12.2. The van der Waals surface area contributed by atoms with Crippen molar-refractivity contribution in [3.63, 3.8) is 0 Å². The number of carbonyl (C=O) groups is 2. The lowest BCUT2D eigenvalue weighted by atomic mass is 10.1. The minimum atomic E-state index is -3.15. The number of para-hydroxylation sites is 1. The van der Waals surface area contributed by atoms with Gasteiger partial charge in [0, 0.05) is 18.2 Å². The van der Waals surface area contributed by atoms with E-state index >= 15 is 0 Å². The number of esters is 1. The molecule has 142 valence electrons. The van der Waals surface area contributed by atoms with Crippen LogP contribution < -0.4 is 0 Å². The van der Waals surface area contributed by atoms with E-state index in [1.54, 1.807) is 6.92 Å². The van der Waals surface area contributed by atoms with Crippen LogP contribution in [0.1, 0.15) is 29.3 Å². The van der Waals surface area contributed by atoms with Crippen molar-refractivity contribution in [1.29, 1.82) is 0 Å². The topological polar surface area (TPSA) is 124 Å². The number of nitro groups is 1. The van der Waals surface area contributed by atoms with Crippen LogP contribution in [0.25, 0.3) is 0 Å². The molecule has 1 aliphatic heterocycles. The van der Waals surface area contributed by atoms with Gasteiger partial charge in [-0.15, -0.1) is 0 Å². The molecule has 26 heavy (non-hydrogen) atoms. The van der Waals surface area contributed by atoms with E-state index in [1.165, 1.54) is 30.0 Å². The van der Waals surface area contributed by atoms with Gasteiger partial charge in [0.15, 0.2) is 16.4 Å². The number of likely N-dealkylation sites (N-methyl/N-ethyl adjacent to an activating group) is 1. The summed E-state index contributed by atoms with van der Waals surface area (Å²) in [5.74, 6) is -1.58. The maximum absolute atomic E-state index is 12.3. The molecule has 0 radical (unpaired) electrons. The molecule has 1 aromatic carbocycles. The number of amides is 1. The van der Waals surface area contributed by atoms with E-state index in [9.17, 15) is 28.1 Å². The molecule has 0 bridgehead atoms. The van der Waals surface area contributed by atoms with E-state index in [1.807, 2.05) is 0 Å². The Kier molecular flexibility index (Phi) is 5.96. The highest BCUT2D eigenvalue weighted by Gasteiger charge is 2.34. The fourth-order valence-electron chi connectivity index (χ4n) is 3.01. The van der Waals surface area contributed by atoms with Gasteiger partial charge in [-0.2, -0.15) is 0 Å². The fraction of sp³-hybridized carbons (Fsp3) is 0.500. The van der Waals surface area contributed by atoms with Gasteiger partial charge in [-0.3, -0.25) is 14.9 Å². The Labute approximate surface area is 151 Å². The van der Waals surface area contributed by atoms with Crippen molar-refractivity contribution in [2.45, 2.75) is 26.3 Å². The SMILES string of the molecule is CCN(C(=O)COC(=O)c1cccc(C)c1[N+](=O)[O-])[C@H]1CCS(=O)(=O)C1. The lowest BCUT2D eigenvalue weighted by Gasteiger charge is -2.26. The molecule has 0 aliphatic carbocycles. The average molecular weight is 384 g/mol. The predicted molar refractivity (Wildman–Crippen MR) is 92.6 cm³/mol. The highest BCUT2D eigenvalue weighted by atomic mass is 32.2. The number of nitro benzene ring substituents is 1. The molecule has 10 heteroatoms. The largest absolute Gasteiger partial charge is 0.452 e. The van der Waals surface area contributed by atoms with Crippen molar-refractivity contribution in [1.82, 2.24) is 4.90 Å². The van der Waals surface area contributed by atoms with E-state index in [4.69, 9.17) is 4.74 Å². The summed E-state index contributed by atoms with van der Waals surface area (Å²) in [7, 11) is -3.15. The summed E-state index contributed by atoms with van der Waals surface area (Å²) in [4.78, 5) is 36.3. The molecule has 1 heterocycles. The number of ether oxygens (including phenoxy) is 1. The summed E-state index contributed by atoms with van der Waals surface area (Å²) in [5.41, 5.74) is -0.282. The van der Waals surface area contributed by atoms with E-state index in [2.05, 4.69) is 0 Å². The molecular weight excluding hydrogens is 364 g/mol. The fourth-order valence-corrected chi connectivity index (χ4v) is 4.74. The van der Waals surface area contributed by atoms with Crippen molar-refractivity contribution in [3.05, 3.63) is 39.4 Å². The molecule has 0 spiro atoms. The van der Waals surface area contributed by atoms with Gasteiger partial charge in [-0.1, -0.05) is 12.1 Å². The first kappa shape index (κ1) is 19.8. The van der Waals surface area contributed by atoms with Crippen molar-refractivity contribution >= 4 is 27.4 Å². The Hall–Kier alpha value is -2.49. The second-order valence-electron chi connectivity index (χ2n) is 6.04. The Balaban J connectivity index is 2.06. The Morgan fingerprint density at radius 2 is 2.08 bits per heavy atom. The predicted octanol–water partition coefficient (Wildman–Crippen LogP) is 1.10. The Morgan fingerprint density at radius 1 is 1.38 bits per heavy atom. The molecule has 0 N–H and O–H groups in total. The second-order valence-corrected chi connectivity index (χ2v) is 8.27. The van der Waals surface area contributed by atoms with Crippen LogP contribution in [0, 0.1) is 17.0 Å². The van der Waals surface area contributed by atoms with E-state index in [-0.39, 0.29) is 29.3 Å². The van der Waals surface area contributed by atoms with Crippen LogP contribution in [-0.2, 0) is 19.4 Å². The van der Waals surface area contributed by atoms with Crippen LogP contribution in [0.3, 0.4) is 0 Å². The summed E-state index contributed by atoms with van der Waals surface area (Å²) in [6.07, 6.45) is 0.346. The highest BCUT2D eigenvalue weighted by Crippen LogP contribution is 2.24. The summed E-state index contributed by atoms with van der Waals surface area (Å²) in [6, 6.07) is 3.81. The van der Waals surface area contributed by atoms with Crippen LogP contribution in [0.4, 0.5) is 5.69 Å². The number of benzene rings is 1. The smallest absolute Gasteiger partial charge is 0.345 e. The monoisotopic (exact) mass is 384 g/mol. The van der Waals surface area contributed by atoms with Gasteiger partial charge in [0.25, 0.3) is 11.6 Å². The van der Waals surface area contributed by atoms with Gasteiger partial charge in [0.1, 0.15) is 5.56 Å². The standard InChI is InChI=1S/C16H20N2O7S/c1-3-17(12-7-8-26(23,24)10-12)14(19)9-25-16(20)13-6-4-5-11(2)15(13)18(21)22/h4-6,12H,3,7-10H2,1-2H3/t12-/m0/s1. The summed E-state index contributed by atoms with van der Waals surface area (Å²) in [5, 5.41) is 11.1. The zero-order valence-corrected chi connectivity index (χ0v) is 15.3. The van der Waals surface area contributed by atoms with Gasteiger partial charge in [0.05, 0.1) is 16.4 Å². The minimum absolute atomic E-state index is 0.0245. The number of aryl methyl sites for hydroxylation is 1. The maximum Gasteiger partial charge on any atom is 0.345 e. The van der Waals surface area contributed by atoms with Gasteiger partial charge >= 0.3 is 5.97 Å². The number of carbonyl (C=O) groups excluding carboxylic acids is 2. The molecule has 1 saturated heterocycles. The van der Waals surface area contributed by atoms with Crippen molar-refractivity contribution < 1.29 is 27.7 Å².